The topological polar surface area (TPSA) is 79.8 Å². The largest absolute Gasteiger partial charge is 0.490 e. The Kier molecular flexibility index (Phi) is 14.2. The lowest BCUT2D eigenvalue weighted by atomic mass is 10.1. The third-order valence-electron chi connectivity index (χ3n) is 4.40. The molecule has 0 atom stereocenters. The first kappa shape index (κ1) is 26.8. The normalized spacial score (nSPS) is 10.7. The van der Waals surface area contributed by atoms with Crippen LogP contribution in [0, 0.1) is 0 Å². The number of guanidine groups is 1. The van der Waals surface area contributed by atoms with Gasteiger partial charge in [-0.3, -0.25) is 4.99 Å². The maximum atomic E-state index is 5.70. The first-order chi connectivity index (χ1) is 14.8. The Morgan fingerprint density at radius 3 is 2.39 bits per heavy atom. The molecular weight excluding hydrogens is 505 g/mol. The van der Waals surface area contributed by atoms with E-state index in [1.165, 1.54) is 5.56 Å². The van der Waals surface area contributed by atoms with Gasteiger partial charge >= 0.3 is 0 Å². The van der Waals surface area contributed by atoms with Gasteiger partial charge in [0.15, 0.2) is 17.5 Å². The van der Waals surface area contributed by atoms with E-state index in [1.54, 1.807) is 13.2 Å². The second kappa shape index (κ2) is 16.5. The molecule has 0 saturated heterocycles. The van der Waals surface area contributed by atoms with Crippen LogP contribution in [0.15, 0.2) is 47.6 Å². The highest BCUT2D eigenvalue weighted by Gasteiger charge is 2.06. The maximum Gasteiger partial charge on any atom is 0.190 e. The van der Waals surface area contributed by atoms with Gasteiger partial charge in [-0.1, -0.05) is 12.1 Å². The molecule has 0 amide bonds. The van der Waals surface area contributed by atoms with E-state index < -0.39 is 0 Å². The lowest BCUT2D eigenvalue weighted by molar-refractivity contribution is 0.287. The summed E-state index contributed by atoms with van der Waals surface area (Å²) in [5.41, 5.74) is 1.20. The summed E-state index contributed by atoms with van der Waals surface area (Å²) in [7, 11) is 1.79. The molecule has 8 heteroatoms. The Labute approximate surface area is 203 Å². The number of nitrogens with zero attached hydrogens (tertiary/aromatic N) is 2. The van der Waals surface area contributed by atoms with Crippen molar-refractivity contribution in [3.8, 4) is 11.5 Å². The molecule has 0 bridgehead atoms. The zero-order valence-corrected chi connectivity index (χ0v) is 21.1. The van der Waals surface area contributed by atoms with Crippen LogP contribution in [0.1, 0.15) is 32.3 Å². The molecule has 1 heterocycles. The summed E-state index contributed by atoms with van der Waals surface area (Å²) >= 11 is 0. The Morgan fingerprint density at radius 1 is 0.935 bits per heavy atom. The van der Waals surface area contributed by atoms with Crippen LogP contribution in [0.4, 0.5) is 5.82 Å². The van der Waals surface area contributed by atoms with Crippen molar-refractivity contribution < 1.29 is 9.47 Å². The number of aliphatic imine (C=N–C) groups is 1. The van der Waals surface area contributed by atoms with Crippen LogP contribution in [-0.2, 0) is 6.42 Å². The van der Waals surface area contributed by atoms with Crippen LogP contribution in [0.25, 0.3) is 0 Å². The molecule has 0 spiro atoms. The SMILES string of the molecule is CCOc1ccc(CCNC(=NC)NCCCCNc2ccccn2)cc1OCC.I. The molecule has 2 aromatic rings. The summed E-state index contributed by atoms with van der Waals surface area (Å²) in [5, 5.41) is 10.1. The van der Waals surface area contributed by atoms with E-state index in [-0.39, 0.29) is 24.0 Å². The van der Waals surface area contributed by atoms with Gasteiger partial charge in [-0.25, -0.2) is 4.98 Å². The van der Waals surface area contributed by atoms with Crippen molar-refractivity contribution in [2.75, 3.05) is 45.2 Å². The Hall–Kier alpha value is -2.23. The third-order valence-corrected chi connectivity index (χ3v) is 4.40. The van der Waals surface area contributed by atoms with Crippen molar-refractivity contribution in [3.63, 3.8) is 0 Å². The molecule has 0 saturated carbocycles. The van der Waals surface area contributed by atoms with Crippen molar-refractivity contribution in [1.82, 2.24) is 15.6 Å². The second-order valence-corrected chi connectivity index (χ2v) is 6.67. The van der Waals surface area contributed by atoms with Crippen molar-refractivity contribution in [2.24, 2.45) is 4.99 Å². The molecule has 0 unspecified atom stereocenters. The molecule has 172 valence electrons. The van der Waals surface area contributed by atoms with Crippen LogP contribution in [-0.4, -0.2) is 50.8 Å². The number of halogens is 1. The number of aromatic nitrogens is 1. The maximum absolute atomic E-state index is 5.70. The number of pyridine rings is 1. The van der Waals surface area contributed by atoms with E-state index in [9.17, 15) is 0 Å². The zero-order valence-electron chi connectivity index (χ0n) is 18.8. The molecule has 0 radical (unpaired) electrons. The van der Waals surface area contributed by atoms with Gasteiger partial charge in [-0.2, -0.15) is 0 Å². The van der Waals surface area contributed by atoms with Gasteiger partial charge in [0, 0.05) is 32.9 Å². The highest BCUT2D eigenvalue weighted by Crippen LogP contribution is 2.28. The van der Waals surface area contributed by atoms with Crippen molar-refractivity contribution in [1.29, 1.82) is 0 Å². The van der Waals surface area contributed by atoms with Crippen molar-refractivity contribution >= 4 is 35.8 Å². The molecule has 0 aliphatic heterocycles. The number of rotatable bonds is 13. The van der Waals surface area contributed by atoms with Gasteiger partial charge in [0.25, 0.3) is 0 Å². The highest BCUT2D eigenvalue weighted by atomic mass is 127. The molecule has 0 aliphatic carbocycles. The van der Waals surface area contributed by atoms with Crippen molar-refractivity contribution in [3.05, 3.63) is 48.2 Å². The molecule has 0 aliphatic rings. The summed E-state index contributed by atoms with van der Waals surface area (Å²) in [6.45, 7) is 7.78. The Balaban J connectivity index is 0.00000480. The minimum absolute atomic E-state index is 0. The van der Waals surface area contributed by atoms with Crippen LogP contribution in [0.3, 0.4) is 0 Å². The molecule has 1 aromatic heterocycles. The monoisotopic (exact) mass is 541 g/mol. The van der Waals surface area contributed by atoms with Crippen LogP contribution in [0.2, 0.25) is 0 Å². The van der Waals surface area contributed by atoms with Gasteiger partial charge < -0.3 is 25.4 Å². The van der Waals surface area contributed by atoms with Gasteiger partial charge in [0.1, 0.15) is 5.82 Å². The molecule has 7 nitrogen and oxygen atoms in total. The molecule has 31 heavy (non-hydrogen) atoms. The first-order valence-corrected chi connectivity index (χ1v) is 10.7. The standard InChI is InChI=1S/C23H35N5O2.HI/c1-4-29-20-12-11-19(18-21(20)30-5-2)13-17-28-23(24-3)27-16-9-8-15-26-22-10-6-7-14-25-22;/h6-7,10-12,14,18H,4-5,8-9,13,15-17H2,1-3H3,(H,25,26)(H2,24,27,28);1H. The Morgan fingerprint density at radius 2 is 1.68 bits per heavy atom. The molecule has 1 aromatic carbocycles. The van der Waals surface area contributed by atoms with E-state index in [0.29, 0.717) is 13.2 Å². The lowest BCUT2D eigenvalue weighted by Gasteiger charge is -2.14. The van der Waals surface area contributed by atoms with Gasteiger partial charge in [-0.15, -0.1) is 24.0 Å². The van der Waals surface area contributed by atoms with E-state index in [0.717, 1.165) is 62.2 Å². The fourth-order valence-electron chi connectivity index (χ4n) is 2.94. The molecular formula is C23H36IN5O2. The average Bonchev–Trinajstić information content (AvgIpc) is 2.77. The van der Waals surface area contributed by atoms with E-state index >= 15 is 0 Å². The smallest absolute Gasteiger partial charge is 0.190 e. The molecule has 3 N–H and O–H groups in total. The fourth-order valence-corrected chi connectivity index (χ4v) is 2.94. The number of hydrogen-bond donors (Lipinski definition) is 3. The number of hydrogen-bond acceptors (Lipinski definition) is 5. The molecule has 0 fully saturated rings. The number of anilines is 1. The third kappa shape index (κ3) is 10.6. The van der Waals surface area contributed by atoms with Crippen LogP contribution < -0.4 is 25.4 Å². The zero-order chi connectivity index (χ0) is 21.4. The van der Waals surface area contributed by atoms with Crippen LogP contribution in [0.5, 0.6) is 11.5 Å². The summed E-state index contributed by atoms with van der Waals surface area (Å²) in [6, 6.07) is 12.0. The summed E-state index contributed by atoms with van der Waals surface area (Å²) < 4.78 is 11.3. The summed E-state index contributed by atoms with van der Waals surface area (Å²) in [5.74, 6) is 3.35. The minimum Gasteiger partial charge on any atom is -0.490 e. The van der Waals surface area contributed by atoms with Gasteiger partial charge in [0.2, 0.25) is 0 Å². The van der Waals surface area contributed by atoms with E-state index in [2.05, 4.69) is 38.1 Å². The summed E-state index contributed by atoms with van der Waals surface area (Å²) in [6.07, 6.45) is 4.79. The predicted molar refractivity (Wildman–Crippen MR) is 139 cm³/mol. The quantitative estimate of drug-likeness (QED) is 0.154. The van der Waals surface area contributed by atoms with E-state index in [1.807, 2.05) is 38.1 Å². The highest BCUT2D eigenvalue weighted by molar-refractivity contribution is 14.0. The number of nitrogens with one attached hydrogen (secondary N) is 3. The minimum atomic E-state index is 0. The number of unbranched alkanes of at least 4 members (excludes halogenated alkanes) is 1. The predicted octanol–water partition coefficient (Wildman–Crippen LogP) is 4.10. The van der Waals surface area contributed by atoms with Crippen molar-refractivity contribution in [2.45, 2.75) is 33.1 Å². The summed E-state index contributed by atoms with van der Waals surface area (Å²) in [4.78, 5) is 8.55. The van der Waals surface area contributed by atoms with Gasteiger partial charge in [0.05, 0.1) is 13.2 Å². The lowest BCUT2D eigenvalue weighted by Crippen LogP contribution is -2.38. The number of benzene rings is 1. The average molecular weight is 541 g/mol. The second-order valence-electron chi connectivity index (χ2n) is 6.67. The first-order valence-electron chi connectivity index (χ1n) is 10.7. The number of ether oxygens (including phenoxy) is 2. The Bertz CT molecular complexity index is 759. The van der Waals surface area contributed by atoms with E-state index in [4.69, 9.17) is 9.47 Å². The fraction of sp³-hybridized carbons (Fsp3) is 0.478. The molecule has 2 rings (SSSR count). The van der Waals surface area contributed by atoms with Crippen LogP contribution >= 0.6 is 24.0 Å². The van der Waals surface area contributed by atoms with Gasteiger partial charge in [-0.05, 0) is 62.9 Å².